The van der Waals surface area contributed by atoms with Crippen molar-refractivity contribution in [1.82, 2.24) is 10.2 Å². The number of amides is 3. The second-order valence-electron chi connectivity index (χ2n) is 8.28. The number of thioether (sulfide) groups is 1. The Morgan fingerprint density at radius 2 is 1.59 bits per heavy atom. The van der Waals surface area contributed by atoms with Crippen molar-refractivity contribution in [2.45, 2.75) is 12.7 Å². The van der Waals surface area contributed by atoms with Crippen LogP contribution in [-0.2, 0) is 10.5 Å². The Morgan fingerprint density at radius 1 is 0.949 bits per heavy atom. The second kappa shape index (κ2) is 17.2. The van der Waals surface area contributed by atoms with Gasteiger partial charge in [0.25, 0.3) is 5.91 Å². The summed E-state index contributed by atoms with van der Waals surface area (Å²) in [4.78, 5) is 37.6. The average molecular weight is 543 g/mol. The van der Waals surface area contributed by atoms with Crippen LogP contribution in [-0.4, -0.2) is 47.3 Å². The molecule has 0 aliphatic heterocycles. The number of rotatable bonds is 10. The first-order chi connectivity index (χ1) is 18.9. The molecule has 0 aliphatic rings. The van der Waals surface area contributed by atoms with E-state index in [0.717, 1.165) is 21.8 Å². The fraction of sp³-hybridized carbons (Fsp3) is 0.156. The molecule has 3 aromatic rings. The number of carboxylic acid groups (broad SMARTS) is 1. The van der Waals surface area contributed by atoms with E-state index < -0.39 is 24.5 Å². The van der Waals surface area contributed by atoms with Crippen molar-refractivity contribution in [3.05, 3.63) is 133 Å². The highest BCUT2D eigenvalue weighted by Gasteiger charge is 2.24. The van der Waals surface area contributed by atoms with Gasteiger partial charge in [-0.05, 0) is 47.6 Å². The first kappa shape index (κ1) is 30.9. The summed E-state index contributed by atoms with van der Waals surface area (Å²) in [5.74, 6) is -0.611. The number of allylic oxidation sites excluding steroid dienone is 3. The van der Waals surface area contributed by atoms with E-state index in [-0.39, 0.29) is 6.54 Å². The molecule has 0 atom stereocenters. The van der Waals surface area contributed by atoms with Gasteiger partial charge in [0.1, 0.15) is 6.54 Å². The van der Waals surface area contributed by atoms with Crippen LogP contribution in [0, 0.1) is 0 Å². The van der Waals surface area contributed by atoms with Gasteiger partial charge in [-0.15, -0.1) is 0 Å². The summed E-state index contributed by atoms with van der Waals surface area (Å²) in [6.45, 7) is 4.93. The molecule has 0 heterocycles. The van der Waals surface area contributed by atoms with Crippen LogP contribution < -0.4 is 5.32 Å². The van der Waals surface area contributed by atoms with E-state index in [1.54, 1.807) is 36.4 Å². The Labute approximate surface area is 234 Å². The largest absolute Gasteiger partial charge is 0.480 e. The average Bonchev–Trinajstić information content (AvgIpc) is 2.97. The number of hydrogen-bond donors (Lipinski definition) is 2. The number of carboxylic acids is 1. The highest BCUT2D eigenvalue weighted by atomic mass is 32.2. The molecule has 0 spiro atoms. The minimum Gasteiger partial charge on any atom is -0.480 e. The van der Waals surface area contributed by atoms with Gasteiger partial charge in [0, 0.05) is 11.3 Å². The van der Waals surface area contributed by atoms with E-state index in [1.165, 1.54) is 5.56 Å². The van der Waals surface area contributed by atoms with E-state index in [0.29, 0.717) is 11.1 Å². The lowest BCUT2D eigenvalue weighted by atomic mass is 10.0. The number of benzene rings is 3. The molecule has 7 heteroatoms. The monoisotopic (exact) mass is 542 g/mol. The Balaban J connectivity index is 0.000000499. The highest BCUT2D eigenvalue weighted by Crippen LogP contribution is 2.21. The van der Waals surface area contributed by atoms with Crippen LogP contribution in [0.4, 0.5) is 4.79 Å². The van der Waals surface area contributed by atoms with Gasteiger partial charge in [-0.1, -0.05) is 104 Å². The van der Waals surface area contributed by atoms with Gasteiger partial charge in [0.2, 0.25) is 0 Å². The standard InChI is InChI=1S/C24H24N2O4.C8H10S/c1-3-5-10-18(4-2)17-26(24(30)25-16-22(27)28)23(29)21-14-9-13-20(15-21)19-11-7-6-8-12-19;1-9-7-8-5-3-2-4-6-8/h3-15H,2,16-17H2,1H3,(H,25,30)(H,27,28);2-6H,7H2,1H3/b5-3-,18-10+;. The van der Waals surface area contributed by atoms with E-state index in [1.807, 2.05) is 67.2 Å². The van der Waals surface area contributed by atoms with Crippen molar-refractivity contribution in [2.75, 3.05) is 19.3 Å². The smallest absolute Gasteiger partial charge is 0.325 e. The van der Waals surface area contributed by atoms with E-state index in [2.05, 4.69) is 42.4 Å². The molecule has 0 fully saturated rings. The zero-order valence-electron chi connectivity index (χ0n) is 22.2. The molecule has 3 amide bonds. The predicted octanol–water partition coefficient (Wildman–Crippen LogP) is 6.83. The summed E-state index contributed by atoms with van der Waals surface area (Å²) < 4.78 is 0. The molecule has 2 N–H and O–H groups in total. The third kappa shape index (κ3) is 10.9. The van der Waals surface area contributed by atoms with Crippen LogP contribution in [0.1, 0.15) is 22.8 Å². The van der Waals surface area contributed by atoms with Gasteiger partial charge in [-0.3, -0.25) is 14.5 Å². The Hall–Kier alpha value is -4.36. The molecule has 6 nitrogen and oxygen atoms in total. The summed E-state index contributed by atoms with van der Waals surface area (Å²) in [6, 6.07) is 26.2. The number of imide groups is 1. The number of nitrogens with zero attached hydrogens (tertiary/aromatic N) is 1. The molecule has 0 aromatic heterocycles. The summed E-state index contributed by atoms with van der Waals surface area (Å²) in [5.41, 5.74) is 4.13. The van der Waals surface area contributed by atoms with Crippen LogP contribution in [0.25, 0.3) is 11.1 Å². The molecule has 0 saturated heterocycles. The third-order valence-electron chi connectivity index (χ3n) is 5.36. The quantitative estimate of drug-likeness (QED) is 0.274. The van der Waals surface area contributed by atoms with Crippen LogP contribution >= 0.6 is 11.8 Å². The lowest BCUT2D eigenvalue weighted by Gasteiger charge is -2.22. The first-order valence-corrected chi connectivity index (χ1v) is 13.7. The fourth-order valence-electron chi connectivity index (χ4n) is 3.43. The maximum absolute atomic E-state index is 13.2. The minimum atomic E-state index is -1.20. The van der Waals surface area contributed by atoms with Crippen LogP contribution in [0.5, 0.6) is 0 Å². The van der Waals surface area contributed by atoms with Gasteiger partial charge in [0.15, 0.2) is 0 Å². The van der Waals surface area contributed by atoms with Gasteiger partial charge < -0.3 is 10.4 Å². The number of hydrogen-bond acceptors (Lipinski definition) is 4. The Morgan fingerprint density at radius 3 is 2.18 bits per heavy atom. The molecule has 0 radical (unpaired) electrons. The normalized spacial score (nSPS) is 10.8. The summed E-state index contributed by atoms with van der Waals surface area (Å²) >= 11 is 1.85. The molecular formula is C32H34N2O4S. The summed E-state index contributed by atoms with van der Waals surface area (Å²) in [7, 11) is 0. The Kier molecular flexibility index (Phi) is 13.6. The topological polar surface area (TPSA) is 86.7 Å². The summed E-state index contributed by atoms with van der Waals surface area (Å²) in [6.07, 6.45) is 8.98. The van der Waals surface area contributed by atoms with Crippen LogP contribution in [0.3, 0.4) is 0 Å². The van der Waals surface area contributed by atoms with Crippen molar-refractivity contribution < 1.29 is 19.5 Å². The maximum atomic E-state index is 13.2. The number of aliphatic carboxylic acids is 1. The molecule has 0 aliphatic carbocycles. The molecule has 39 heavy (non-hydrogen) atoms. The minimum absolute atomic E-state index is 0.0479. The van der Waals surface area contributed by atoms with E-state index >= 15 is 0 Å². The molecule has 202 valence electrons. The molecule has 0 unspecified atom stereocenters. The first-order valence-electron chi connectivity index (χ1n) is 12.3. The maximum Gasteiger partial charge on any atom is 0.325 e. The molecule has 0 bridgehead atoms. The van der Waals surface area contributed by atoms with Crippen molar-refractivity contribution in [3.8, 4) is 11.1 Å². The number of nitrogens with one attached hydrogen (secondary N) is 1. The van der Waals surface area contributed by atoms with E-state index in [4.69, 9.17) is 5.11 Å². The number of carbonyl (C=O) groups is 3. The zero-order chi connectivity index (χ0) is 28.5. The highest BCUT2D eigenvalue weighted by molar-refractivity contribution is 7.97. The molecular weight excluding hydrogens is 508 g/mol. The molecule has 3 aromatic carbocycles. The number of carbonyl (C=O) groups excluding carboxylic acids is 2. The van der Waals surface area contributed by atoms with Crippen molar-refractivity contribution >= 4 is 29.7 Å². The van der Waals surface area contributed by atoms with Crippen molar-refractivity contribution in [2.24, 2.45) is 0 Å². The lowest BCUT2D eigenvalue weighted by Crippen LogP contribution is -2.46. The Bertz CT molecular complexity index is 1290. The van der Waals surface area contributed by atoms with E-state index in [9.17, 15) is 14.4 Å². The fourth-order valence-corrected chi connectivity index (χ4v) is 3.96. The third-order valence-corrected chi connectivity index (χ3v) is 5.98. The van der Waals surface area contributed by atoms with Gasteiger partial charge in [0.05, 0.1) is 6.54 Å². The molecule has 3 rings (SSSR count). The van der Waals surface area contributed by atoms with Crippen molar-refractivity contribution in [3.63, 3.8) is 0 Å². The molecule has 0 saturated carbocycles. The van der Waals surface area contributed by atoms with Crippen LogP contribution in [0.15, 0.2) is 121 Å². The van der Waals surface area contributed by atoms with Gasteiger partial charge in [-0.2, -0.15) is 11.8 Å². The lowest BCUT2D eigenvalue weighted by molar-refractivity contribution is -0.135. The SMILES string of the molecule is C=C/C(=C\C=C/C)CN(C(=O)NCC(=O)O)C(=O)c1cccc(-c2ccccc2)c1.CSCc1ccccc1. The number of urea groups is 1. The van der Waals surface area contributed by atoms with Crippen LogP contribution in [0.2, 0.25) is 0 Å². The van der Waals surface area contributed by atoms with Gasteiger partial charge in [-0.25, -0.2) is 4.79 Å². The van der Waals surface area contributed by atoms with Crippen molar-refractivity contribution in [1.29, 1.82) is 0 Å². The summed E-state index contributed by atoms with van der Waals surface area (Å²) in [5, 5.41) is 11.1. The second-order valence-corrected chi connectivity index (χ2v) is 9.15. The zero-order valence-corrected chi connectivity index (χ0v) is 23.1. The predicted molar refractivity (Wildman–Crippen MR) is 161 cm³/mol. The van der Waals surface area contributed by atoms with Gasteiger partial charge >= 0.3 is 12.0 Å².